The number of benzene rings is 1. The zero-order chi connectivity index (χ0) is 16.8. The van der Waals surface area contributed by atoms with E-state index in [2.05, 4.69) is 5.32 Å². The molecule has 1 aromatic heterocycles. The Morgan fingerprint density at radius 2 is 2.12 bits per heavy atom. The molecule has 2 atom stereocenters. The van der Waals surface area contributed by atoms with Gasteiger partial charge < -0.3 is 15.6 Å². The first-order chi connectivity index (χ1) is 11.5. The van der Waals surface area contributed by atoms with Gasteiger partial charge in [0.15, 0.2) is 0 Å². The minimum absolute atomic E-state index is 0.112. The monoisotopic (exact) mass is 327 g/mol. The largest absolute Gasteiger partial charge is 0.365 e. The fraction of sp³-hybridized carbons (Fsp3) is 0.333. The van der Waals surface area contributed by atoms with Crippen molar-refractivity contribution in [2.75, 3.05) is 13.1 Å². The molecule has 5 nitrogen and oxygen atoms in total. The summed E-state index contributed by atoms with van der Waals surface area (Å²) in [5.74, 6) is -0.775. The Labute approximate surface area is 138 Å². The normalized spacial score (nSPS) is 22.0. The van der Waals surface area contributed by atoms with Crippen molar-refractivity contribution in [3.05, 3.63) is 57.8 Å². The van der Waals surface area contributed by atoms with Gasteiger partial charge in [0.2, 0.25) is 0 Å². The lowest BCUT2D eigenvalue weighted by atomic mass is 9.83. The standard InChI is InChI=1S/C18H18FN3O2/c19-14-3-1-2-13(17(14)18(20)24)11-5-15-12-4-10(7-21-8-12)9-22(15)16(23)6-11/h1-3,5-6,10,12,21H,4,7-9H2,(H2,20,24)/t10-,12+/m0/s1. The van der Waals surface area contributed by atoms with Gasteiger partial charge in [0.25, 0.3) is 11.5 Å². The summed E-state index contributed by atoms with van der Waals surface area (Å²) in [5, 5.41) is 3.40. The molecular formula is C18H18FN3O2. The Morgan fingerprint density at radius 1 is 1.29 bits per heavy atom. The molecule has 3 heterocycles. The highest BCUT2D eigenvalue weighted by Gasteiger charge is 2.31. The number of primary amides is 1. The number of rotatable bonds is 2. The molecule has 1 fully saturated rings. The number of nitrogens with one attached hydrogen (secondary N) is 1. The smallest absolute Gasteiger partial charge is 0.252 e. The first-order valence-electron chi connectivity index (χ1n) is 8.09. The highest BCUT2D eigenvalue weighted by molar-refractivity contribution is 6.00. The maximum Gasteiger partial charge on any atom is 0.252 e. The molecule has 0 radical (unpaired) electrons. The van der Waals surface area contributed by atoms with Crippen LogP contribution in [0.4, 0.5) is 4.39 Å². The number of hydrogen-bond acceptors (Lipinski definition) is 3. The Bertz CT molecular complexity index is 890. The van der Waals surface area contributed by atoms with Crippen LogP contribution in [0.1, 0.15) is 28.4 Å². The second-order valence-electron chi connectivity index (χ2n) is 6.60. The van der Waals surface area contributed by atoms with E-state index in [0.717, 1.165) is 25.2 Å². The number of hydrogen-bond donors (Lipinski definition) is 2. The van der Waals surface area contributed by atoms with Crippen LogP contribution in [-0.2, 0) is 6.54 Å². The lowest BCUT2D eigenvalue weighted by Gasteiger charge is -2.37. The van der Waals surface area contributed by atoms with Gasteiger partial charge in [-0.1, -0.05) is 12.1 Å². The summed E-state index contributed by atoms with van der Waals surface area (Å²) in [5.41, 5.74) is 6.92. The molecule has 0 spiro atoms. The predicted octanol–water partition coefficient (Wildman–Crippen LogP) is 1.46. The minimum Gasteiger partial charge on any atom is -0.365 e. The molecule has 0 saturated carbocycles. The van der Waals surface area contributed by atoms with E-state index in [-0.39, 0.29) is 17.0 Å². The third kappa shape index (κ3) is 2.34. The summed E-state index contributed by atoms with van der Waals surface area (Å²) in [4.78, 5) is 24.2. The molecular weight excluding hydrogens is 309 g/mol. The number of carbonyl (C=O) groups is 1. The van der Waals surface area contributed by atoms with Gasteiger partial charge in [-0.05, 0) is 42.1 Å². The summed E-state index contributed by atoms with van der Waals surface area (Å²) >= 11 is 0. The van der Waals surface area contributed by atoms with Gasteiger partial charge in [-0.15, -0.1) is 0 Å². The number of fused-ring (bicyclic) bond motifs is 4. The number of nitrogens with zero attached hydrogens (tertiary/aromatic N) is 1. The van der Waals surface area contributed by atoms with E-state index in [1.165, 1.54) is 18.2 Å². The Hall–Kier alpha value is -2.47. The van der Waals surface area contributed by atoms with Crippen LogP contribution in [0, 0.1) is 11.7 Å². The molecule has 24 heavy (non-hydrogen) atoms. The quantitative estimate of drug-likeness (QED) is 0.877. The Balaban J connectivity index is 1.91. The van der Waals surface area contributed by atoms with Crippen molar-refractivity contribution in [2.45, 2.75) is 18.9 Å². The molecule has 1 aromatic carbocycles. The van der Waals surface area contributed by atoms with Crippen LogP contribution in [-0.4, -0.2) is 23.6 Å². The molecule has 2 bridgehead atoms. The zero-order valence-electron chi connectivity index (χ0n) is 13.1. The summed E-state index contributed by atoms with van der Waals surface area (Å²) in [6, 6.07) is 7.71. The average Bonchev–Trinajstić information content (AvgIpc) is 2.55. The highest BCUT2D eigenvalue weighted by atomic mass is 19.1. The number of nitrogens with two attached hydrogens (primary N) is 1. The van der Waals surface area contributed by atoms with E-state index in [9.17, 15) is 14.0 Å². The van der Waals surface area contributed by atoms with E-state index < -0.39 is 11.7 Å². The fourth-order valence-corrected chi connectivity index (χ4v) is 3.97. The third-order valence-electron chi connectivity index (χ3n) is 5.03. The summed E-state index contributed by atoms with van der Waals surface area (Å²) in [6.07, 6.45) is 1.04. The van der Waals surface area contributed by atoms with E-state index in [0.29, 0.717) is 23.6 Å². The van der Waals surface area contributed by atoms with Crippen LogP contribution in [0.5, 0.6) is 0 Å². The molecule has 6 heteroatoms. The first-order valence-corrected chi connectivity index (χ1v) is 8.09. The van der Waals surface area contributed by atoms with Crippen molar-refractivity contribution >= 4 is 5.91 Å². The van der Waals surface area contributed by atoms with Crippen LogP contribution >= 0.6 is 0 Å². The van der Waals surface area contributed by atoms with Crippen molar-refractivity contribution in [1.29, 1.82) is 0 Å². The molecule has 2 aliphatic heterocycles. The van der Waals surface area contributed by atoms with Crippen LogP contribution in [0.25, 0.3) is 11.1 Å². The number of halogens is 1. The SMILES string of the molecule is NC(=O)c1c(F)cccc1-c1cc2n(c(=O)c1)C[C@@H]1CNC[C@H]2C1. The van der Waals surface area contributed by atoms with Gasteiger partial charge >= 0.3 is 0 Å². The van der Waals surface area contributed by atoms with Crippen molar-refractivity contribution in [3.63, 3.8) is 0 Å². The topological polar surface area (TPSA) is 77.1 Å². The second kappa shape index (κ2) is 5.56. The molecule has 2 aliphatic rings. The van der Waals surface area contributed by atoms with Gasteiger partial charge in [-0.25, -0.2) is 4.39 Å². The van der Waals surface area contributed by atoms with Gasteiger partial charge in [0.1, 0.15) is 5.82 Å². The van der Waals surface area contributed by atoms with Gasteiger partial charge in [-0.2, -0.15) is 0 Å². The highest BCUT2D eigenvalue weighted by Crippen LogP contribution is 2.34. The van der Waals surface area contributed by atoms with Gasteiger partial charge in [0, 0.05) is 30.8 Å². The van der Waals surface area contributed by atoms with Gasteiger partial charge in [0.05, 0.1) is 5.56 Å². The van der Waals surface area contributed by atoms with Crippen molar-refractivity contribution in [2.24, 2.45) is 11.7 Å². The molecule has 0 aliphatic carbocycles. The fourth-order valence-electron chi connectivity index (χ4n) is 3.97. The molecule has 3 N–H and O–H groups in total. The molecule has 1 amide bonds. The van der Waals surface area contributed by atoms with Crippen molar-refractivity contribution in [1.82, 2.24) is 9.88 Å². The van der Waals surface area contributed by atoms with Crippen LogP contribution < -0.4 is 16.6 Å². The number of piperidine rings is 1. The molecule has 4 rings (SSSR count). The van der Waals surface area contributed by atoms with Crippen LogP contribution in [0.3, 0.4) is 0 Å². The Morgan fingerprint density at radius 3 is 2.92 bits per heavy atom. The summed E-state index contributed by atoms with van der Waals surface area (Å²) in [7, 11) is 0. The van der Waals surface area contributed by atoms with Crippen LogP contribution in [0.15, 0.2) is 35.1 Å². The lowest BCUT2D eigenvalue weighted by molar-refractivity contribution is 0.0997. The van der Waals surface area contributed by atoms with Crippen molar-refractivity contribution in [3.8, 4) is 11.1 Å². The van der Waals surface area contributed by atoms with E-state index >= 15 is 0 Å². The van der Waals surface area contributed by atoms with Gasteiger partial charge in [-0.3, -0.25) is 9.59 Å². The second-order valence-corrected chi connectivity index (χ2v) is 6.60. The first kappa shape index (κ1) is 15.1. The average molecular weight is 327 g/mol. The van der Waals surface area contributed by atoms with E-state index in [1.807, 2.05) is 10.6 Å². The van der Waals surface area contributed by atoms with E-state index in [1.54, 1.807) is 6.07 Å². The third-order valence-corrected chi connectivity index (χ3v) is 5.03. The van der Waals surface area contributed by atoms with Crippen LogP contribution in [0.2, 0.25) is 0 Å². The molecule has 1 saturated heterocycles. The molecule has 124 valence electrons. The number of carbonyl (C=O) groups excluding carboxylic acids is 1. The summed E-state index contributed by atoms with van der Waals surface area (Å²) < 4.78 is 15.8. The number of aromatic nitrogens is 1. The maximum atomic E-state index is 14.0. The van der Waals surface area contributed by atoms with E-state index in [4.69, 9.17) is 5.73 Å². The number of pyridine rings is 1. The molecule has 2 aromatic rings. The molecule has 0 unspecified atom stereocenters. The predicted molar refractivity (Wildman–Crippen MR) is 88.3 cm³/mol. The zero-order valence-corrected chi connectivity index (χ0v) is 13.1. The Kier molecular flexibility index (Phi) is 3.49. The minimum atomic E-state index is -0.833. The summed E-state index contributed by atoms with van der Waals surface area (Å²) in [6.45, 7) is 2.45. The van der Waals surface area contributed by atoms with Crippen molar-refractivity contribution < 1.29 is 9.18 Å². The maximum absolute atomic E-state index is 14.0. The number of amides is 1. The lowest BCUT2D eigenvalue weighted by Crippen LogP contribution is -2.44.